The Hall–Kier alpha value is -1.62. The number of aliphatic carboxylic acids is 1. The molecular weight excluding hydrogens is 257 g/mol. The molecule has 0 saturated heterocycles. The summed E-state index contributed by atoms with van der Waals surface area (Å²) >= 11 is 0. The Labute approximate surface area is 104 Å². The number of hydrogen-bond donors (Lipinski definition) is 3. The fourth-order valence-corrected chi connectivity index (χ4v) is 2.44. The summed E-state index contributed by atoms with van der Waals surface area (Å²) in [5.74, 6) is -3.49. The van der Waals surface area contributed by atoms with Gasteiger partial charge in [-0.15, -0.1) is 6.58 Å². The molecule has 3 N–H and O–H groups in total. The largest absolute Gasteiger partial charge is 0.479 e. The van der Waals surface area contributed by atoms with Crippen LogP contribution in [0.1, 0.15) is 0 Å². The summed E-state index contributed by atoms with van der Waals surface area (Å²) in [6.07, 6.45) is 1.39. The Kier molecular flexibility index (Phi) is 4.67. The zero-order chi connectivity index (χ0) is 13.8. The first-order chi connectivity index (χ1) is 8.38. The van der Waals surface area contributed by atoms with Gasteiger partial charge in [0.15, 0.2) is 0 Å². The molecule has 1 aromatic carbocycles. The molecule has 0 amide bonds. The van der Waals surface area contributed by atoms with E-state index in [0.29, 0.717) is 5.69 Å². The number of hydrogen-bond acceptors (Lipinski definition) is 3. The van der Waals surface area contributed by atoms with Crippen LogP contribution in [0.2, 0.25) is 0 Å². The minimum Gasteiger partial charge on any atom is -0.479 e. The number of anilines is 1. The third kappa shape index (κ3) is 3.43. The summed E-state index contributed by atoms with van der Waals surface area (Å²) in [5, 5.41) is 9.00. The molecule has 18 heavy (non-hydrogen) atoms. The van der Waals surface area contributed by atoms with Crippen LogP contribution >= 0.6 is 7.60 Å². The highest BCUT2D eigenvalue weighted by Crippen LogP contribution is 2.44. The number of carboxylic acids is 1. The lowest BCUT2D eigenvalue weighted by molar-refractivity contribution is -0.136. The number of nitrogens with zero attached hydrogens (tertiary/aromatic N) is 1. The highest BCUT2D eigenvalue weighted by Gasteiger charge is 2.40. The summed E-state index contributed by atoms with van der Waals surface area (Å²) < 4.78 is 11.3. The van der Waals surface area contributed by atoms with Gasteiger partial charge in [-0.25, -0.2) is 4.79 Å². The van der Waals surface area contributed by atoms with Crippen molar-refractivity contribution in [2.75, 3.05) is 11.4 Å². The van der Waals surface area contributed by atoms with E-state index < -0.39 is 19.3 Å². The van der Waals surface area contributed by atoms with Gasteiger partial charge in [-0.1, -0.05) is 24.3 Å². The first-order valence-corrected chi connectivity index (χ1v) is 6.76. The number of benzene rings is 1. The van der Waals surface area contributed by atoms with E-state index in [-0.39, 0.29) is 6.54 Å². The second-order valence-electron chi connectivity index (χ2n) is 3.58. The Morgan fingerprint density at radius 3 is 2.33 bits per heavy atom. The van der Waals surface area contributed by atoms with E-state index in [1.165, 1.54) is 6.08 Å². The number of rotatable bonds is 6. The monoisotopic (exact) mass is 271 g/mol. The van der Waals surface area contributed by atoms with Gasteiger partial charge in [-0.2, -0.15) is 0 Å². The van der Waals surface area contributed by atoms with Gasteiger partial charge in [0, 0.05) is 12.2 Å². The minimum absolute atomic E-state index is 0.0199. The third-order valence-corrected chi connectivity index (χ3v) is 3.39. The van der Waals surface area contributed by atoms with Crippen molar-refractivity contribution in [2.45, 2.75) is 5.78 Å². The molecule has 98 valence electrons. The molecule has 0 aliphatic rings. The molecule has 0 aliphatic carbocycles. The van der Waals surface area contributed by atoms with Crippen molar-refractivity contribution in [3.63, 3.8) is 0 Å². The van der Waals surface area contributed by atoms with Crippen LogP contribution in [0, 0.1) is 0 Å². The van der Waals surface area contributed by atoms with Crippen molar-refractivity contribution >= 4 is 19.3 Å². The predicted molar refractivity (Wildman–Crippen MR) is 67.5 cm³/mol. The molecule has 0 radical (unpaired) electrons. The summed E-state index contributed by atoms with van der Waals surface area (Å²) in [6.45, 7) is 3.48. The first kappa shape index (κ1) is 14.4. The van der Waals surface area contributed by atoms with Crippen LogP contribution in [0.15, 0.2) is 43.0 Å². The molecule has 0 spiro atoms. The van der Waals surface area contributed by atoms with Crippen LogP contribution in [0.5, 0.6) is 0 Å². The SMILES string of the molecule is C=CCN(c1ccccc1)[C@H](C(=O)O)P(=O)(O)O. The molecule has 0 fully saturated rings. The normalized spacial score (nSPS) is 12.8. The van der Waals surface area contributed by atoms with Crippen molar-refractivity contribution in [1.82, 2.24) is 0 Å². The van der Waals surface area contributed by atoms with E-state index in [1.54, 1.807) is 30.3 Å². The molecule has 0 aliphatic heterocycles. The second kappa shape index (κ2) is 5.82. The summed E-state index contributed by atoms with van der Waals surface area (Å²) in [5.41, 5.74) is 0.410. The number of carboxylic acid groups (broad SMARTS) is 1. The molecular formula is C11H14NO5P. The van der Waals surface area contributed by atoms with Crippen molar-refractivity contribution < 1.29 is 24.3 Å². The number of para-hydroxylation sites is 1. The van der Waals surface area contributed by atoms with Crippen molar-refractivity contribution in [1.29, 1.82) is 0 Å². The molecule has 7 heteroatoms. The van der Waals surface area contributed by atoms with Crippen molar-refractivity contribution in [2.24, 2.45) is 0 Å². The van der Waals surface area contributed by atoms with Crippen LogP contribution in [-0.2, 0) is 9.36 Å². The minimum atomic E-state index is -4.80. The van der Waals surface area contributed by atoms with Crippen molar-refractivity contribution in [3.05, 3.63) is 43.0 Å². The smallest absolute Gasteiger partial charge is 0.359 e. The lowest BCUT2D eigenvalue weighted by Gasteiger charge is -2.30. The van der Waals surface area contributed by atoms with Gasteiger partial charge < -0.3 is 19.8 Å². The van der Waals surface area contributed by atoms with Gasteiger partial charge in [-0.3, -0.25) is 4.57 Å². The van der Waals surface area contributed by atoms with Gasteiger partial charge in [0.2, 0.25) is 5.78 Å². The number of carbonyl (C=O) groups is 1. The fourth-order valence-electron chi connectivity index (χ4n) is 1.56. The second-order valence-corrected chi connectivity index (χ2v) is 5.24. The van der Waals surface area contributed by atoms with Crippen LogP contribution in [0.4, 0.5) is 5.69 Å². The van der Waals surface area contributed by atoms with E-state index >= 15 is 0 Å². The van der Waals surface area contributed by atoms with Crippen LogP contribution in [-0.4, -0.2) is 33.2 Å². The highest BCUT2D eigenvalue weighted by atomic mass is 31.2. The van der Waals surface area contributed by atoms with Gasteiger partial charge >= 0.3 is 13.6 Å². The van der Waals surface area contributed by atoms with E-state index in [0.717, 1.165) is 4.90 Å². The van der Waals surface area contributed by atoms with E-state index in [2.05, 4.69) is 6.58 Å². The maximum Gasteiger partial charge on any atom is 0.359 e. The zero-order valence-electron chi connectivity index (χ0n) is 9.51. The van der Waals surface area contributed by atoms with Crippen molar-refractivity contribution in [3.8, 4) is 0 Å². The molecule has 0 bridgehead atoms. The van der Waals surface area contributed by atoms with E-state index in [1.807, 2.05) is 0 Å². The highest BCUT2D eigenvalue weighted by molar-refractivity contribution is 7.53. The zero-order valence-corrected chi connectivity index (χ0v) is 10.4. The fraction of sp³-hybridized carbons (Fsp3) is 0.182. The summed E-state index contributed by atoms with van der Waals surface area (Å²) in [7, 11) is -4.80. The van der Waals surface area contributed by atoms with Gasteiger partial charge in [0.1, 0.15) is 0 Å². The average molecular weight is 271 g/mol. The Balaban J connectivity index is 3.22. The summed E-state index contributed by atoms with van der Waals surface area (Å²) in [6, 6.07) is 8.20. The molecule has 1 aromatic rings. The quantitative estimate of drug-likeness (QED) is 0.532. The Morgan fingerprint density at radius 2 is 1.94 bits per heavy atom. The standard InChI is InChI=1S/C11H14NO5P/c1-2-8-12(9-6-4-3-5-7-9)10(11(13)14)18(15,16)17/h2-7,10H,1,8H2,(H,13,14)(H2,15,16,17)/t10-/m0/s1. The Morgan fingerprint density at radius 1 is 1.39 bits per heavy atom. The average Bonchev–Trinajstić information content (AvgIpc) is 2.27. The van der Waals surface area contributed by atoms with Crippen LogP contribution in [0.3, 0.4) is 0 Å². The molecule has 6 nitrogen and oxygen atoms in total. The predicted octanol–water partition coefficient (Wildman–Crippen LogP) is 1.27. The molecule has 0 unspecified atom stereocenters. The third-order valence-electron chi connectivity index (χ3n) is 2.25. The molecule has 1 rings (SSSR count). The van der Waals surface area contributed by atoms with Gasteiger partial charge in [0.05, 0.1) is 0 Å². The van der Waals surface area contributed by atoms with Gasteiger partial charge in [0.25, 0.3) is 0 Å². The lowest BCUT2D eigenvalue weighted by atomic mass is 10.3. The molecule has 1 atom stereocenters. The molecule has 0 saturated carbocycles. The Bertz CT molecular complexity index is 470. The first-order valence-electron chi connectivity index (χ1n) is 5.08. The van der Waals surface area contributed by atoms with E-state index in [4.69, 9.17) is 14.9 Å². The van der Waals surface area contributed by atoms with Crippen LogP contribution < -0.4 is 4.90 Å². The van der Waals surface area contributed by atoms with Crippen LogP contribution in [0.25, 0.3) is 0 Å². The molecule has 0 heterocycles. The summed E-state index contributed by atoms with van der Waals surface area (Å²) in [4.78, 5) is 30.5. The van der Waals surface area contributed by atoms with Gasteiger partial charge in [-0.05, 0) is 12.1 Å². The maximum atomic E-state index is 11.3. The van der Waals surface area contributed by atoms with E-state index in [9.17, 15) is 9.36 Å². The lowest BCUT2D eigenvalue weighted by Crippen LogP contribution is -2.41. The maximum absolute atomic E-state index is 11.3. The topological polar surface area (TPSA) is 98.1 Å². The molecule has 0 aromatic heterocycles.